The van der Waals surface area contributed by atoms with Crippen LogP contribution in [-0.4, -0.2) is 13.2 Å². The maximum Gasteiger partial charge on any atom is 0.0466 e. The second kappa shape index (κ2) is 36.9. The number of allylic oxidation sites excluding steroid dienone is 2. The summed E-state index contributed by atoms with van der Waals surface area (Å²) in [5.41, 5.74) is 0. The van der Waals surface area contributed by atoms with Crippen molar-refractivity contribution in [3.05, 3.63) is 12.2 Å². The van der Waals surface area contributed by atoms with Gasteiger partial charge in [0.15, 0.2) is 0 Å². The van der Waals surface area contributed by atoms with Crippen molar-refractivity contribution >= 4 is 0 Å². The van der Waals surface area contributed by atoms with Crippen molar-refractivity contribution in [2.24, 2.45) is 0 Å². The number of hydrogen-bond donors (Lipinski definition) is 0. The smallest absolute Gasteiger partial charge is 0.0466 e. The first-order valence-electron chi connectivity index (χ1n) is 20.2. The summed E-state index contributed by atoms with van der Waals surface area (Å²) in [6.45, 7) is 2.00. The van der Waals surface area contributed by atoms with E-state index in [2.05, 4.69) is 12.2 Å². The predicted octanol–water partition coefficient (Wildman–Crippen LogP) is 15.0. The fraction of sp³-hybridized carbons (Fsp3) is 0.951. The van der Waals surface area contributed by atoms with Gasteiger partial charge in [0, 0.05) is 13.2 Å². The summed E-state index contributed by atoms with van der Waals surface area (Å²) < 4.78 is 5.07. The molecular formula is C41H80O. The number of rotatable bonds is 0. The topological polar surface area (TPSA) is 9.23 Å². The highest BCUT2D eigenvalue weighted by Crippen LogP contribution is 2.17. The van der Waals surface area contributed by atoms with E-state index in [1.807, 2.05) is 0 Å². The van der Waals surface area contributed by atoms with E-state index in [4.69, 9.17) is 4.74 Å². The fourth-order valence-corrected chi connectivity index (χ4v) is 5.77. The highest BCUT2D eigenvalue weighted by atomic mass is 16.5. The molecular weight excluding hydrogens is 508 g/mol. The summed E-state index contributed by atoms with van der Waals surface area (Å²) in [7, 11) is 0. The van der Waals surface area contributed by atoms with E-state index < -0.39 is 0 Å². The molecule has 7 aliphatic carbocycles. The Morgan fingerprint density at radius 1 is 0.190 bits per heavy atom. The van der Waals surface area contributed by atoms with Crippen LogP contribution in [0.1, 0.15) is 238 Å². The summed E-state index contributed by atoms with van der Waals surface area (Å²) in [6.07, 6.45) is 58.9. The van der Waals surface area contributed by atoms with E-state index in [0.717, 1.165) is 13.2 Å². The molecule has 8 rings (SSSR count). The van der Waals surface area contributed by atoms with Crippen LogP contribution in [-0.2, 0) is 4.74 Å². The summed E-state index contributed by atoms with van der Waals surface area (Å²) in [4.78, 5) is 0. The predicted molar refractivity (Wildman–Crippen MR) is 191 cm³/mol. The van der Waals surface area contributed by atoms with Crippen LogP contribution < -0.4 is 0 Å². The number of hydrogen-bond acceptors (Lipinski definition) is 1. The molecule has 0 spiro atoms. The van der Waals surface area contributed by atoms with E-state index in [9.17, 15) is 0 Å². The van der Waals surface area contributed by atoms with Gasteiger partial charge in [-0.2, -0.15) is 0 Å². The van der Waals surface area contributed by atoms with Crippen LogP contribution in [0.25, 0.3) is 0 Å². The van der Waals surface area contributed by atoms with Crippen LogP contribution in [0.2, 0.25) is 0 Å². The van der Waals surface area contributed by atoms with E-state index in [-0.39, 0.29) is 0 Å². The van der Waals surface area contributed by atoms with Gasteiger partial charge in [-0.25, -0.2) is 0 Å². The Kier molecular flexibility index (Phi) is 34.9. The maximum absolute atomic E-state index is 5.07. The Morgan fingerprint density at radius 2 is 0.357 bits per heavy atom. The molecule has 1 heterocycles. The van der Waals surface area contributed by atoms with Crippen molar-refractivity contribution in [1.29, 1.82) is 0 Å². The highest BCUT2D eigenvalue weighted by molar-refractivity contribution is 4.88. The third-order valence-electron chi connectivity index (χ3n) is 9.34. The van der Waals surface area contributed by atoms with Crippen LogP contribution in [0.3, 0.4) is 0 Å². The zero-order chi connectivity index (χ0) is 29.7. The van der Waals surface area contributed by atoms with Crippen molar-refractivity contribution in [3.63, 3.8) is 0 Å². The van der Waals surface area contributed by atoms with E-state index in [1.54, 1.807) is 0 Å². The van der Waals surface area contributed by atoms with Gasteiger partial charge in [-0.15, -0.1) is 0 Å². The molecule has 42 heavy (non-hydrogen) atoms. The number of ether oxygens (including phenoxy) is 1. The zero-order valence-electron chi connectivity index (χ0n) is 29.1. The minimum atomic E-state index is 1.00. The van der Waals surface area contributed by atoms with E-state index in [1.165, 1.54) is 238 Å². The van der Waals surface area contributed by atoms with Crippen molar-refractivity contribution in [3.8, 4) is 0 Å². The summed E-state index contributed by atoms with van der Waals surface area (Å²) in [5, 5.41) is 0. The van der Waals surface area contributed by atoms with Gasteiger partial charge in [-0.05, 0) is 38.5 Å². The second-order valence-corrected chi connectivity index (χ2v) is 14.0. The first-order valence-corrected chi connectivity index (χ1v) is 20.2. The van der Waals surface area contributed by atoms with Crippen molar-refractivity contribution in [2.45, 2.75) is 238 Å². The standard InChI is InChI=1S/C7H14.2C6H12.C5H10O.C5H10.C5H8.C4H8.C3H6/c1-2-4-6-7-5-3-1;3*1-2-4-6-5-3-1;2*1-2-4-5-3-1;1-2-4-3-1;1-2-3-1/h1-7H2;2*1-6H2;1-5H2;1-5H2;1-2H,3-5H2;1-4H2;1-3H2. The molecule has 250 valence electrons. The largest absolute Gasteiger partial charge is 0.381 e. The van der Waals surface area contributed by atoms with Gasteiger partial charge in [0.1, 0.15) is 0 Å². The lowest BCUT2D eigenvalue weighted by atomic mass is 10.0. The molecule has 0 aromatic heterocycles. The molecule has 7 fully saturated rings. The first-order chi connectivity index (χ1) is 21.0. The minimum absolute atomic E-state index is 1.00. The van der Waals surface area contributed by atoms with E-state index in [0.29, 0.717) is 0 Å². The first kappa shape index (κ1) is 39.7. The Balaban J connectivity index is 0.000000242. The fourth-order valence-electron chi connectivity index (χ4n) is 5.77. The SMILES string of the molecule is C1=CCCC1.C1CC1.C1CCC1.C1CCCC1.C1CCCCC1.C1CCCCC1.C1CCCCCC1.C1CCOCC1. The molecule has 6 saturated carbocycles. The molecule has 0 aromatic rings. The minimum Gasteiger partial charge on any atom is -0.381 e. The van der Waals surface area contributed by atoms with Crippen LogP contribution in [0.15, 0.2) is 12.2 Å². The Hall–Kier alpha value is -0.300. The lowest BCUT2D eigenvalue weighted by Crippen LogP contribution is -2.03. The third-order valence-corrected chi connectivity index (χ3v) is 9.34. The van der Waals surface area contributed by atoms with E-state index >= 15 is 0 Å². The highest BCUT2D eigenvalue weighted by Gasteiger charge is 1.98. The molecule has 0 amide bonds. The molecule has 0 N–H and O–H groups in total. The quantitative estimate of drug-likeness (QED) is 0.202. The Labute approximate surface area is 267 Å². The Morgan fingerprint density at radius 3 is 0.429 bits per heavy atom. The molecule has 0 radical (unpaired) electrons. The second-order valence-electron chi connectivity index (χ2n) is 14.0. The third kappa shape index (κ3) is 37.7. The molecule has 0 bridgehead atoms. The van der Waals surface area contributed by atoms with Gasteiger partial charge >= 0.3 is 0 Å². The molecule has 0 atom stereocenters. The van der Waals surface area contributed by atoms with Crippen molar-refractivity contribution in [2.75, 3.05) is 13.2 Å². The van der Waals surface area contributed by atoms with Gasteiger partial charge < -0.3 is 4.74 Å². The van der Waals surface area contributed by atoms with Gasteiger partial charge in [-0.3, -0.25) is 0 Å². The maximum atomic E-state index is 5.07. The van der Waals surface area contributed by atoms with Crippen LogP contribution in [0.4, 0.5) is 0 Å². The van der Waals surface area contributed by atoms with Crippen molar-refractivity contribution in [1.82, 2.24) is 0 Å². The molecule has 1 aliphatic heterocycles. The molecule has 1 nitrogen and oxygen atoms in total. The van der Waals surface area contributed by atoms with Gasteiger partial charge in [-0.1, -0.05) is 211 Å². The summed E-state index contributed by atoms with van der Waals surface area (Å²) in [5.74, 6) is 0. The average molecular weight is 589 g/mol. The van der Waals surface area contributed by atoms with Crippen LogP contribution in [0, 0.1) is 0 Å². The van der Waals surface area contributed by atoms with Gasteiger partial charge in [0.25, 0.3) is 0 Å². The summed E-state index contributed by atoms with van der Waals surface area (Å²) in [6, 6.07) is 0. The Bertz CT molecular complexity index is 372. The average Bonchev–Trinajstić information content (AvgIpc) is 3.65. The lowest BCUT2D eigenvalue weighted by Gasteiger charge is -2.08. The summed E-state index contributed by atoms with van der Waals surface area (Å²) >= 11 is 0. The zero-order valence-corrected chi connectivity index (χ0v) is 29.1. The van der Waals surface area contributed by atoms with Gasteiger partial charge in [0.2, 0.25) is 0 Å². The molecule has 0 unspecified atom stereocenters. The van der Waals surface area contributed by atoms with Crippen LogP contribution in [0.5, 0.6) is 0 Å². The monoisotopic (exact) mass is 589 g/mol. The normalized spacial score (nSPS) is 23.6. The van der Waals surface area contributed by atoms with Crippen LogP contribution >= 0.6 is 0 Å². The molecule has 1 saturated heterocycles. The van der Waals surface area contributed by atoms with Gasteiger partial charge in [0.05, 0.1) is 0 Å². The van der Waals surface area contributed by atoms with Crippen molar-refractivity contribution < 1.29 is 4.74 Å². The lowest BCUT2D eigenvalue weighted by molar-refractivity contribution is 0.0968. The molecule has 0 aromatic carbocycles. The molecule has 1 heteroatoms. The molecule has 8 aliphatic rings.